The number of amides is 1. The molecule has 5 heteroatoms. The maximum Gasteiger partial charge on any atom is 0.234 e. The van der Waals surface area contributed by atoms with E-state index in [4.69, 9.17) is 5.73 Å². The Morgan fingerprint density at radius 1 is 1.41 bits per heavy atom. The summed E-state index contributed by atoms with van der Waals surface area (Å²) in [4.78, 5) is 15.7. The summed E-state index contributed by atoms with van der Waals surface area (Å²) in [5.41, 5.74) is 5.38. The van der Waals surface area contributed by atoms with Gasteiger partial charge >= 0.3 is 0 Å². The van der Waals surface area contributed by atoms with Gasteiger partial charge < -0.3 is 15.7 Å². The normalized spacial score (nSPS) is 33.1. The number of nitrogens with zero attached hydrogens (tertiary/aromatic N) is 2. The predicted octanol–water partition coefficient (Wildman–Crippen LogP) is -0.751. The molecule has 0 spiro atoms. The number of likely N-dealkylation sites (tertiary alicyclic amines) is 2. The smallest absolute Gasteiger partial charge is 0.234 e. The molecule has 2 aliphatic heterocycles. The standard InChI is InChI=1S/C12H23N3O2/c1-14-4-2-9(3-5-14)7-15-8-10(16)6-11(15)12(13)17/h9-11,16H,2-8H2,1H3,(H2,13,17). The number of hydrogen-bond acceptors (Lipinski definition) is 4. The minimum absolute atomic E-state index is 0.260. The maximum absolute atomic E-state index is 11.3. The molecule has 0 bridgehead atoms. The third kappa shape index (κ3) is 3.18. The van der Waals surface area contributed by atoms with Gasteiger partial charge in [0.15, 0.2) is 0 Å². The first-order chi connectivity index (χ1) is 8.06. The fourth-order valence-electron chi connectivity index (χ4n) is 2.95. The highest BCUT2D eigenvalue weighted by Crippen LogP contribution is 2.23. The van der Waals surface area contributed by atoms with Gasteiger partial charge in [-0.05, 0) is 45.3 Å². The molecule has 0 aromatic rings. The monoisotopic (exact) mass is 241 g/mol. The minimum Gasteiger partial charge on any atom is -0.392 e. The van der Waals surface area contributed by atoms with Gasteiger partial charge in [-0.1, -0.05) is 0 Å². The molecular formula is C12H23N3O2. The maximum atomic E-state index is 11.3. The summed E-state index contributed by atoms with van der Waals surface area (Å²) in [5, 5.41) is 9.63. The van der Waals surface area contributed by atoms with Gasteiger partial charge in [-0.25, -0.2) is 0 Å². The highest BCUT2D eigenvalue weighted by Gasteiger charge is 2.35. The van der Waals surface area contributed by atoms with Crippen molar-refractivity contribution in [3.8, 4) is 0 Å². The van der Waals surface area contributed by atoms with Crippen LogP contribution in [0.5, 0.6) is 0 Å². The quantitative estimate of drug-likeness (QED) is 0.682. The highest BCUT2D eigenvalue weighted by atomic mass is 16.3. The van der Waals surface area contributed by atoms with E-state index >= 15 is 0 Å². The number of carbonyl (C=O) groups is 1. The summed E-state index contributed by atoms with van der Waals surface area (Å²) in [5.74, 6) is 0.341. The number of nitrogens with two attached hydrogens (primary N) is 1. The zero-order chi connectivity index (χ0) is 12.4. The van der Waals surface area contributed by atoms with Crippen LogP contribution in [-0.2, 0) is 4.79 Å². The molecule has 2 unspecified atom stereocenters. The van der Waals surface area contributed by atoms with Crippen LogP contribution in [0, 0.1) is 5.92 Å². The lowest BCUT2D eigenvalue weighted by Crippen LogP contribution is -2.44. The van der Waals surface area contributed by atoms with E-state index in [0.717, 1.165) is 19.6 Å². The molecule has 3 N–H and O–H groups in total. The fraction of sp³-hybridized carbons (Fsp3) is 0.917. The molecular weight excluding hydrogens is 218 g/mol. The van der Waals surface area contributed by atoms with E-state index in [9.17, 15) is 9.90 Å². The van der Waals surface area contributed by atoms with E-state index in [1.54, 1.807) is 0 Å². The van der Waals surface area contributed by atoms with Crippen LogP contribution < -0.4 is 5.73 Å². The van der Waals surface area contributed by atoms with Gasteiger partial charge in [0.2, 0.25) is 5.91 Å². The molecule has 2 aliphatic rings. The number of aliphatic hydroxyl groups excluding tert-OH is 1. The fourth-order valence-corrected chi connectivity index (χ4v) is 2.95. The Balaban J connectivity index is 1.87. The van der Waals surface area contributed by atoms with Crippen molar-refractivity contribution in [3.05, 3.63) is 0 Å². The topological polar surface area (TPSA) is 69.8 Å². The molecule has 0 radical (unpaired) electrons. The van der Waals surface area contributed by atoms with Crippen LogP contribution in [0.4, 0.5) is 0 Å². The Morgan fingerprint density at radius 3 is 2.65 bits per heavy atom. The Labute approximate surface area is 103 Å². The predicted molar refractivity (Wildman–Crippen MR) is 65.4 cm³/mol. The van der Waals surface area contributed by atoms with E-state index in [1.807, 2.05) is 0 Å². The lowest BCUT2D eigenvalue weighted by Gasteiger charge is -2.33. The van der Waals surface area contributed by atoms with Crippen molar-refractivity contribution >= 4 is 5.91 Å². The third-order valence-electron chi connectivity index (χ3n) is 4.04. The Kier molecular flexibility index (Phi) is 4.01. The molecule has 1 amide bonds. The van der Waals surface area contributed by atoms with Gasteiger partial charge in [-0.15, -0.1) is 0 Å². The Morgan fingerprint density at radius 2 is 2.06 bits per heavy atom. The molecule has 0 aromatic carbocycles. The molecule has 0 aromatic heterocycles. The van der Waals surface area contributed by atoms with E-state index in [2.05, 4.69) is 16.8 Å². The van der Waals surface area contributed by atoms with Crippen LogP contribution in [0.25, 0.3) is 0 Å². The number of carbonyl (C=O) groups excluding carboxylic acids is 1. The average Bonchev–Trinajstić information content (AvgIpc) is 2.63. The second-order valence-electron chi connectivity index (χ2n) is 5.51. The van der Waals surface area contributed by atoms with Gasteiger partial charge in [-0.2, -0.15) is 0 Å². The van der Waals surface area contributed by atoms with Crippen LogP contribution in [-0.4, -0.2) is 66.2 Å². The molecule has 2 heterocycles. The van der Waals surface area contributed by atoms with Crippen molar-refractivity contribution in [1.82, 2.24) is 9.80 Å². The van der Waals surface area contributed by atoms with Gasteiger partial charge in [0, 0.05) is 13.1 Å². The molecule has 17 heavy (non-hydrogen) atoms. The van der Waals surface area contributed by atoms with Crippen LogP contribution in [0.1, 0.15) is 19.3 Å². The van der Waals surface area contributed by atoms with Crippen molar-refractivity contribution in [2.75, 3.05) is 33.2 Å². The molecule has 2 saturated heterocycles. The molecule has 2 rings (SSSR count). The summed E-state index contributed by atoms with van der Waals surface area (Å²) in [6.07, 6.45) is 2.46. The summed E-state index contributed by atoms with van der Waals surface area (Å²) in [6, 6.07) is -0.260. The van der Waals surface area contributed by atoms with Gasteiger partial charge in [0.25, 0.3) is 0 Å². The minimum atomic E-state index is -0.390. The van der Waals surface area contributed by atoms with Crippen LogP contribution in [0.3, 0.4) is 0 Å². The summed E-state index contributed by atoms with van der Waals surface area (Å²) >= 11 is 0. The lowest BCUT2D eigenvalue weighted by atomic mass is 9.96. The van der Waals surface area contributed by atoms with E-state index in [1.165, 1.54) is 12.8 Å². The van der Waals surface area contributed by atoms with E-state index in [-0.39, 0.29) is 11.9 Å². The summed E-state index contributed by atoms with van der Waals surface area (Å²) in [7, 11) is 2.14. The number of β-amino-alcohol motifs (C(OH)–C–C–N with tert-alkyl or cyclic N) is 1. The van der Waals surface area contributed by atoms with Crippen molar-refractivity contribution < 1.29 is 9.90 Å². The molecule has 0 aliphatic carbocycles. The van der Waals surface area contributed by atoms with E-state index in [0.29, 0.717) is 18.9 Å². The second-order valence-corrected chi connectivity index (χ2v) is 5.51. The number of hydrogen-bond donors (Lipinski definition) is 2. The summed E-state index contributed by atoms with van der Waals surface area (Å²) in [6.45, 7) is 3.75. The van der Waals surface area contributed by atoms with Crippen molar-refractivity contribution in [1.29, 1.82) is 0 Å². The van der Waals surface area contributed by atoms with Crippen LogP contribution in [0.15, 0.2) is 0 Å². The first-order valence-electron chi connectivity index (χ1n) is 6.46. The first-order valence-corrected chi connectivity index (χ1v) is 6.46. The first kappa shape index (κ1) is 12.8. The van der Waals surface area contributed by atoms with Crippen molar-refractivity contribution in [3.63, 3.8) is 0 Å². The zero-order valence-electron chi connectivity index (χ0n) is 10.5. The number of rotatable bonds is 3. The SMILES string of the molecule is CN1CCC(CN2CC(O)CC2C(N)=O)CC1. The highest BCUT2D eigenvalue weighted by molar-refractivity contribution is 5.80. The molecule has 0 saturated carbocycles. The number of primary amides is 1. The molecule has 98 valence electrons. The molecule has 2 atom stereocenters. The van der Waals surface area contributed by atoms with Crippen LogP contribution >= 0.6 is 0 Å². The Hall–Kier alpha value is -0.650. The average molecular weight is 241 g/mol. The van der Waals surface area contributed by atoms with Crippen molar-refractivity contribution in [2.24, 2.45) is 11.7 Å². The molecule has 5 nitrogen and oxygen atoms in total. The third-order valence-corrected chi connectivity index (χ3v) is 4.04. The zero-order valence-corrected chi connectivity index (χ0v) is 10.5. The number of piperidine rings is 1. The number of aliphatic hydroxyl groups is 1. The largest absolute Gasteiger partial charge is 0.392 e. The molecule has 2 fully saturated rings. The van der Waals surface area contributed by atoms with Gasteiger partial charge in [-0.3, -0.25) is 9.69 Å². The van der Waals surface area contributed by atoms with Gasteiger partial charge in [0.05, 0.1) is 12.1 Å². The van der Waals surface area contributed by atoms with E-state index < -0.39 is 6.10 Å². The second kappa shape index (κ2) is 5.33. The van der Waals surface area contributed by atoms with Crippen molar-refractivity contribution in [2.45, 2.75) is 31.4 Å². The lowest BCUT2D eigenvalue weighted by molar-refractivity contribution is -0.122. The van der Waals surface area contributed by atoms with Gasteiger partial charge in [0.1, 0.15) is 0 Å². The van der Waals surface area contributed by atoms with Crippen LogP contribution in [0.2, 0.25) is 0 Å². The Bertz CT molecular complexity index is 277. The summed E-state index contributed by atoms with van der Waals surface area (Å²) < 4.78 is 0.